The largest absolute Gasteiger partial charge is 0.337 e. The highest BCUT2D eigenvalue weighted by Crippen LogP contribution is 2.11. The van der Waals surface area contributed by atoms with Crippen molar-refractivity contribution >= 4 is 5.91 Å². The van der Waals surface area contributed by atoms with Crippen molar-refractivity contribution in [3.05, 3.63) is 18.0 Å². The standard InChI is InChI=1S/C10H16N4O/c1-13-5-4-9(12-13)10(15)14-6-2-8(11)3-7-14/h4-5,8H,2-3,6-7,11H2,1H3. The Morgan fingerprint density at radius 3 is 2.73 bits per heavy atom. The molecule has 0 saturated carbocycles. The van der Waals surface area contributed by atoms with Gasteiger partial charge in [-0.1, -0.05) is 0 Å². The number of rotatable bonds is 1. The summed E-state index contributed by atoms with van der Waals surface area (Å²) in [6, 6.07) is 1.99. The number of piperidine rings is 1. The molecule has 1 saturated heterocycles. The minimum Gasteiger partial charge on any atom is -0.337 e. The molecule has 1 amide bonds. The molecule has 0 radical (unpaired) electrons. The maximum absolute atomic E-state index is 11.9. The van der Waals surface area contributed by atoms with Gasteiger partial charge in [-0.05, 0) is 18.9 Å². The van der Waals surface area contributed by atoms with Crippen LogP contribution in [0.3, 0.4) is 0 Å². The van der Waals surface area contributed by atoms with Crippen molar-refractivity contribution in [1.29, 1.82) is 0 Å². The molecule has 0 bridgehead atoms. The lowest BCUT2D eigenvalue weighted by molar-refractivity contribution is 0.0708. The van der Waals surface area contributed by atoms with Crippen molar-refractivity contribution in [1.82, 2.24) is 14.7 Å². The maximum atomic E-state index is 11.9. The summed E-state index contributed by atoms with van der Waals surface area (Å²) in [4.78, 5) is 13.8. The number of carbonyl (C=O) groups excluding carboxylic acids is 1. The highest BCUT2D eigenvalue weighted by Gasteiger charge is 2.22. The van der Waals surface area contributed by atoms with E-state index in [0.717, 1.165) is 25.9 Å². The van der Waals surface area contributed by atoms with Crippen LogP contribution in [0.25, 0.3) is 0 Å². The molecule has 0 aliphatic carbocycles. The highest BCUT2D eigenvalue weighted by atomic mass is 16.2. The van der Waals surface area contributed by atoms with E-state index in [1.807, 2.05) is 11.9 Å². The molecule has 1 fully saturated rings. The molecular weight excluding hydrogens is 192 g/mol. The van der Waals surface area contributed by atoms with Crippen LogP contribution in [0.4, 0.5) is 0 Å². The number of hydrogen-bond donors (Lipinski definition) is 1. The fraction of sp³-hybridized carbons (Fsp3) is 0.600. The van der Waals surface area contributed by atoms with Crippen LogP contribution in [0.1, 0.15) is 23.3 Å². The zero-order chi connectivity index (χ0) is 10.8. The molecule has 5 nitrogen and oxygen atoms in total. The Morgan fingerprint density at radius 2 is 2.20 bits per heavy atom. The molecule has 0 atom stereocenters. The summed E-state index contributed by atoms with van der Waals surface area (Å²) in [5.74, 6) is 0.0162. The van der Waals surface area contributed by atoms with Crippen LogP contribution < -0.4 is 5.73 Å². The molecule has 82 valence electrons. The Morgan fingerprint density at radius 1 is 1.53 bits per heavy atom. The van der Waals surface area contributed by atoms with Crippen molar-refractivity contribution in [3.63, 3.8) is 0 Å². The van der Waals surface area contributed by atoms with Crippen LogP contribution in [0.5, 0.6) is 0 Å². The lowest BCUT2D eigenvalue weighted by Crippen LogP contribution is -2.43. The van der Waals surface area contributed by atoms with E-state index in [1.54, 1.807) is 16.9 Å². The smallest absolute Gasteiger partial charge is 0.274 e. The van der Waals surface area contributed by atoms with Gasteiger partial charge in [0.1, 0.15) is 5.69 Å². The van der Waals surface area contributed by atoms with Gasteiger partial charge in [0.15, 0.2) is 0 Å². The Hall–Kier alpha value is -1.36. The summed E-state index contributed by atoms with van der Waals surface area (Å²) in [6.45, 7) is 1.49. The SMILES string of the molecule is Cn1ccc(C(=O)N2CCC(N)CC2)n1. The van der Waals surface area contributed by atoms with E-state index in [1.165, 1.54) is 0 Å². The predicted octanol–water partition coefficient (Wildman–Crippen LogP) is -0.0166. The number of likely N-dealkylation sites (tertiary alicyclic amines) is 1. The van der Waals surface area contributed by atoms with Crippen LogP contribution in [-0.2, 0) is 7.05 Å². The molecule has 0 unspecified atom stereocenters. The van der Waals surface area contributed by atoms with E-state index in [2.05, 4.69) is 5.10 Å². The van der Waals surface area contributed by atoms with Crippen LogP contribution in [0, 0.1) is 0 Å². The molecule has 2 heterocycles. The summed E-state index contributed by atoms with van der Waals surface area (Å²) in [5.41, 5.74) is 6.30. The first-order valence-corrected chi connectivity index (χ1v) is 5.21. The average molecular weight is 208 g/mol. The summed E-state index contributed by atoms with van der Waals surface area (Å²) < 4.78 is 1.64. The Balaban J connectivity index is 2.02. The summed E-state index contributed by atoms with van der Waals surface area (Å²) >= 11 is 0. The number of amides is 1. The third kappa shape index (κ3) is 2.18. The summed E-state index contributed by atoms with van der Waals surface area (Å²) in [6.07, 6.45) is 3.56. The summed E-state index contributed by atoms with van der Waals surface area (Å²) in [5, 5.41) is 4.10. The monoisotopic (exact) mass is 208 g/mol. The number of nitrogens with two attached hydrogens (primary N) is 1. The second-order valence-corrected chi connectivity index (χ2v) is 4.00. The van der Waals surface area contributed by atoms with Crippen molar-refractivity contribution in [3.8, 4) is 0 Å². The maximum Gasteiger partial charge on any atom is 0.274 e. The first-order chi connectivity index (χ1) is 7.16. The van der Waals surface area contributed by atoms with Crippen LogP contribution in [0.2, 0.25) is 0 Å². The number of hydrogen-bond acceptors (Lipinski definition) is 3. The van der Waals surface area contributed by atoms with Crippen molar-refractivity contribution in [2.75, 3.05) is 13.1 Å². The van der Waals surface area contributed by atoms with Gasteiger partial charge >= 0.3 is 0 Å². The number of aryl methyl sites for hydroxylation is 1. The highest BCUT2D eigenvalue weighted by molar-refractivity contribution is 5.92. The molecule has 1 aromatic heterocycles. The van der Waals surface area contributed by atoms with Gasteiger partial charge in [-0.15, -0.1) is 0 Å². The van der Waals surface area contributed by atoms with Crippen LogP contribution >= 0.6 is 0 Å². The fourth-order valence-corrected chi connectivity index (χ4v) is 1.79. The molecule has 0 spiro atoms. The molecule has 2 rings (SSSR count). The number of carbonyl (C=O) groups is 1. The predicted molar refractivity (Wildman–Crippen MR) is 56.3 cm³/mol. The third-order valence-electron chi connectivity index (χ3n) is 2.76. The van der Waals surface area contributed by atoms with Gasteiger partial charge < -0.3 is 10.6 Å². The topological polar surface area (TPSA) is 64.2 Å². The van der Waals surface area contributed by atoms with Gasteiger partial charge in [0, 0.05) is 32.4 Å². The lowest BCUT2D eigenvalue weighted by atomic mass is 10.1. The first-order valence-electron chi connectivity index (χ1n) is 5.21. The number of aromatic nitrogens is 2. The Labute approximate surface area is 88.8 Å². The van der Waals surface area contributed by atoms with E-state index in [9.17, 15) is 4.79 Å². The van der Waals surface area contributed by atoms with E-state index in [4.69, 9.17) is 5.73 Å². The second kappa shape index (κ2) is 4.02. The molecular formula is C10H16N4O. The van der Waals surface area contributed by atoms with Crippen molar-refractivity contribution < 1.29 is 4.79 Å². The molecule has 0 aromatic carbocycles. The third-order valence-corrected chi connectivity index (χ3v) is 2.76. The zero-order valence-electron chi connectivity index (χ0n) is 8.89. The fourth-order valence-electron chi connectivity index (χ4n) is 1.79. The minimum absolute atomic E-state index is 0.0162. The molecule has 1 aliphatic rings. The number of nitrogens with zero attached hydrogens (tertiary/aromatic N) is 3. The second-order valence-electron chi connectivity index (χ2n) is 4.00. The van der Waals surface area contributed by atoms with Gasteiger partial charge in [0.25, 0.3) is 5.91 Å². The van der Waals surface area contributed by atoms with Crippen molar-refractivity contribution in [2.45, 2.75) is 18.9 Å². The first kappa shape index (κ1) is 10.2. The molecule has 5 heteroatoms. The van der Waals surface area contributed by atoms with Crippen LogP contribution in [0.15, 0.2) is 12.3 Å². The van der Waals surface area contributed by atoms with E-state index < -0.39 is 0 Å². The molecule has 2 N–H and O–H groups in total. The zero-order valence-corrected chi connectivity index (χ0v) is 8.89. The lowest BCUT2D eigenvalue weighted by Gasteiger charge is -2.29. The van der Waals surface area contributed by atoms with E-state index >= 15 is 0 Å². The van der Waals surface area contributed by atoms with Gasteiger partial charge in [0.2, 0.25) is 0 Å². The average Bonchev–Trinajstić information content (AvgIpc) is 2.65. The van der Waals surface area contributed by atoms with Crippen LogP contribution in [-0.4, -0.2) is 39.7 Å². The molecule has 1 aliphatic heterocycles. The summed E-state index contributed by atoms with van der Waals surface area (Å²) in [7, 11) is 1.81. The Bertz CT molecular complexity index is 352. The van der Waals surface area contributed by atoms with Gasteiger partial charge in [-0.3, -0.25) is 9.48 Å². The van der Waals surface area contributed by atoms with Gasteiger partial charge in [-0.25, -0.2) is 0 Å². The minimum atomic E-state index is 0.0162. The van der Waals surface area contributed by atoms with Gasteiger partial charge in [0.05, 0.1) is 0 Å². The van der Waals surface area contributed by atoms with E-state index in [0.29, 0.717) is 5.69 Å². The molecule has 15 heavy (non-hydrogen) atoms. The quantitative estimate of drug-likeness (QED) is 0.705. The Kier molecular flexibility index (Phi) is 2.73. The normalized spacial score (nSPS) is 18.1. The molecule has 1 aromatic rings. The van der Waals surface area contributed by atoms with Crippen molar-refractivity contribution in [2.24, 2.45) is 12.8 Å². The van der Waals surface area contributed by atoms with Gasteiger partial charge in [-0.2, -0.15) is 5.10 Å². The van der Waals surface area contributed by atoms with E-state index in [-0.39, 0.29) is 11.9 Å².